The first-order chi connectivity index (χ1) is 20.7. The fourth-order valence-electron chi connectivity index (χ4n) is 4.91. The van der Waals surface area contributed by atoms with Gasteiger partial charge >= 0.3 is 11.8 Å². The molecule has 15 heteroatoms. The van der Waals surface area contributed by atoms with Crippen LogP contribution in [0.15, 0.2) is 48.9 Å². The number of carbonyl (C=O) groups excluding carboxylic acids is 4. The molecule has 12 nitrogen and oxygen atoms in total. The SMILES string of the molecule is CC(=O)O[C@@H]1/C=C(\C)CC[C@]2([C@@](C)(O)C(=O)SCc3oc(=O)oc3C)CC(=O)N([C@H](C)c3nc(cs3)/C=C\C=C\C1=O)[S@]2=O. The number of thiazole rings is 1. The van der Waals surface area contributed by atoms with E-state index in [2.05, 4.69) is 4.98 Å². The Kier molecular flexibility index (Phi) is 10.1. The summed E-state index contributed by atoms with van der Waals surface area (Å²) in [6.45, 7) is 7.24. The zero-order chi connectivity index (χ0) is 32.4. The third-order valence-electron chi connectivity index (χ3n) is 7.47. The van der Waals surface area contributed by atoms with Crippen LogP contribution >= 0.6 is 23.1 Å². The second-order valence-corrected chi connectivity index (χ2v) is 14.2. The van der Waals surface area contributed by atoms with Gasteiger partial charge in [0.25, 0.3) is 0 Å². The Morgan fingerprint density at radius 2 is 1.95 bits per heavy atom. The van der Waals surface area contributed by atoms with Gasteiger partial charge in [0.1, 0.15) is 32.1 Å². The van der Waals surface area contributed by atoms with Gasteiger partial charge in [-0.3, -0.25) is 23.5 Å². The fourth-order valence-corrected chi connectivity index (χ4v) is 8.85. The third-order valence-corrected chi connectivity index (χ3v) is 11.9. The van der Waals surface area contributed by atoms with Gasteiger partial charge in [-0.15, -0.1) is 11.3 Å². The van der Waals surface area contributed by atoms with Crippen LogP contribution in [0, 0.1) is 6.92 Å². The number of hydrogen-bond donors (Lipinski definition) is 1. The predicted octanol–water partition coefficient (Wildman–Crippen LogP) is 3.71. The summed E-state index contributed by atoms with van der Waals surface area (Å²) in [6.07, 6.45) is 5.81. The van der Waals surface area contributed by atoms with Crippen LogP contribution in [0.2, 0.25) is 0 Å². The van der Waals surface area contributed by atoms with E-state index in [0.717, 1.165) is 4.31 Å². The number of hydrogen-bond acceptors (Lipinski definition) is 13. The van der Waals surface area contributed by atoms with E-state index in [4.69, 9.17) is 13.6 Å². The van der Waals surface area contributed by atoms with E-state index in [1.807, 2.05) is 0 Å². The molecule has 0 saturated carbocycles. The van der Waals surface area contributed by atoms with Crippen molar-refractivity contribution in [3.05, 3.63) is 68.1 Å². The number of aliphatic hydroxyl groups is 1. The van der Waals surface area contributed by atoms with E-state index < -0.39 is 68.5 Å². The zero-order valence-electron chi connectivity index (χ0n) is 24.7. The Morgan fingerprint density at radius 1 is 1.25 bits per heavy atom. The average molecular weight is 665 g/mol. The number of fused-ring (bicyclic) bond motifs is 4. The van der Waals surface area contributed by atoms with Gasteiger partial charge in [0.15, 0.2) is 17.6 Å². The van der Waals surface area contributed by atoms with Crippen molar-refractivity contribution in [2.24, 2.45) is 0 Å². The quantitative estimate of drug-likeness (QED) is 0.363. The molecule has 2 aliphatic heterocycles. The highest BCUT2D eigenvalue weighted by Gasteiger charge is 2.64. The largest absolute Gasteiger partial charge is 0.519 e. The monoisotopic (exact) mass is 664 g/mol. The molecule has 4 rings (SSSR count). The van der Waals surface area contributed by atoms with E-state index in [1.54, 1.807) is 31.4 Å². The van der Waals surface area contributed by atoms with Crippen LogP contribution in [0.4, 0.5) is 0 Å². The number of ketones is 1. The van der Waals surface area contributed by atoms with E-state index in [9.17, 15) is 33.3 Å². The molecule has 4 heterocycles. The van der Waals surface area contributed by atoms with Gasteiger partial charge in [0.05, 0.1) is 23.9 Å². The number of rotatable bonds is 5. The van der Waals surface area contributed by atoms with Crippen molar-refractivity contribution in [1.82, 2.24) is 9.29 Å². The Labute approximate surface area is 263 Å². The van der Waals surface area contributed by atoms with Crippen molar-refractivity contribution in [3.63, 3.8) is 0 Å². The summed E-state index contributed by atoms with van der Waals surface area (Å²) in [6, 6.07) is -0.739. The molecule has 0 aromatic carbocycles. The zero-order valence-corrected chi connectivity index (χ0v) is 27.1. The number of aromatic nitrogens is 1. The number of aryl methyl sites for hydroxylation is 1. The number of thioether (sulfide) groups is 1. The number of amides is 1. The summed E-state index contributed by atoms with van der Waals surface area (Å²) in [5.41, 5.74) is -1.23. The fraction of sp³-hybridized carbons (Fsp3) is 0.448. The molecular formula is C29H32N2O10S3. The lowest BCUT2D eigenvalue weighted by Crippen LogP contribution is -2.58. The smallest absolute Gasteiger partial charge is 0.450 e. The number of allylic oxidation sites excluding steroid dienone is 3. The lowest BCUT2D eigenvalue weighted by molar-refractivity contribution is -0.148. The van der Waals surface area contributed by atoms with Crippen LogP contribution in [0.25, 0.3) is 6.08 Å². The second kappa shape index (κ2) is 13.3. The van der Waals surface area contributed by atoms with Gasteiger partial charge in [0.2, 0.25) is 11.0 Å². The van der Waals surface area contributed by atoms with Crippen molar-refractivity contribution in [1.29, 1.82) is 0 Å². The standard InChI is InChI=1S/C29H32N2O10S3/c1-16-10-11-29(28(5,37)26(35)43-15-23-18(3)39-27(36)41-23)13-24(34)31(44(29)38)17(2)25-30-20(14-42-25)8-6-7-9-21(33)22(12-16)40-19(4)32/h6-9,12,14,17,22,37H,10-11,13,15H2,1-5H3/b8-6-,9-7+,16-12+/t17-,22-,28+,29-,44+/m1/s1. The summed E-state index contributed by atoms with van der Waals surface area (Å²) < 4.78 is 28.8. The Morgan fingerprint density at radius 3 is 2.61 bits per heavy atom. The minimum Gasteiger partial charge on any atom is -0.450 e. The van der Waals surface area contributed by atoms with Crippen molar-refractivity contribution in [2.75, 3.05) is 0 Å². The summed E-state index contributed by atoms with van der Waals surface area (Å²) in [5, 5.41) is 13.3. The molecule has 5 atom stereocenters. The van der Waals surface area contributed by atoms with Gasteiger partial charge in [-0.05, 0) is 58.8 Å². The molecule has 2 aromatic rings. The van der Waals surface area contributed by atoms with Crippen LogP contribution in [0.5, 0.6) is 0 Å². The highest BCUT2D eigenvalue weighted by molar-refractivity contribution is 8.13. The molecular weight excluding hydrogens is 633 g/mol. The molecule has 1 amide bonds. The minimum atomic E-state index is -2.31. The minimum absolute atomic E-state index is 0.0983. The predicted molar refractivity (Wildman–Crippen MR) is 163 cm³/mol. The normalized spacial score (nSPS) is 28.5. The van der Waals surface area contributed by atoms with Gasteiger partial charge in [-0.1, -0.05) is 29.5 Å². The molecule has 0 aliphatic carbocycles. The summed E-state index contributed by atoms with van der Waals surface area (Å²) in [4.78, 5) is 67.8. The van der Waals surface area contributed by atoms with Gasteiger partial charge < -0.3 is 18.7 Å². The molecule has 1 saturated heterocycles. The molecule has 1 fully saturated rings. The molecule has 1 N–H and O–H groups in total. The maximum atomic E-state index is 14.4. The van der Waals surface area contributed by atoms with Crippen LogP contribution in [0.1, 0.15) is 75.2 Å². The Bertz CT molecular complexity index is 1650. The molecule has 0 unspecified atom stereocenters. The van der Waals surface area contributed by atoms with E-state index in [0.29, 0.717) is 28.0 Å². The number of ether oxygens (including phenoxy) is 1. The van der Waals surface area contributed by atoms with Crippen LogP contribution < -0.4 is 5.82 Å². The highest BCUT2D eigenvalue weighted by atomic mass is 32.2. The average Bonchev–Trinajstić information content (AvgIpc) is 3.62. The summed E-state index contributed by atoms with van der Waals surface area (Å²) in [5.74, 6) is -2.49. The lowest BCUT2D eigenvalue weighted by atomic mass is 9.81. The highest BCUT2D eigenvalue weighted by Crippen LogP contribution is 2.48. The number of esters is 1. The van der Waals surface area contributed by atoms with Crippen molar-refractivity contribution in [3.8, 4) is 0 Å². The van der Waals surface area contributed by atoms with Crippen LogP contribution in [-0.2, 0) is 40.7 Å². The van der Waals surface area contributed by atoms with Crippen LogP contribution in [-0.4, -0.2) is 57.8 Å². The number of nitrogens with zero attached hydrogens (tertiary/aromatic N) is 2. The van der Waals surface area contributed by atoms with Gasteiger partial charge in [-0.25, -0.2) is 14.0 Å². The van der Waals surface area contributed by atoms with E-state index in [1.165, 1.54) is 50.3 Å². The Balaban J connectivity index is 1.77. The summed E-state index contributed by atoms with van der Waals surface area (Å²) in [7, 11) is -2.22. The first kappa shape index (κ1) is 33.5. The van der Waals surface area contributed by atoms with Crippen molar-refractivity contribution >= 4 is 62.9 Å². The van der Waals surface area contributed by atoms with E-state index in [-0.39, 0.29) is 30.1 Å². The second-order valence-electron chi connectivity index (χ2n) is 10.7. The first-order valence-electron chi connectivity index (χ1n) is 13.6. The van der Waals surface area contributed by atoms with Crippen LogP contribution in [0.3, 0.4) is 0 Å². The first-order valence-corrected chi connectivity index (χ1v) is 16.5. The molecule has 236 valence electrons. The molecule has 2 aromatic heterocycles. The topological polar surface area (TPSA) is 174 Å². The number of carbonyl (C=O) groups is 4. The maximum Gasteiger partial charge on any atom is 0.519 e. The van der Waals surface area contributed by atoms with Crippen molar-refractivity contribution in [2.45, 2.75) is 82.1 Å². The van der Waals surface area contributed by atoms with E-state index >= 15 is 0 Å². The maximum absolute atomic E-state index is 14.4. The molecule has 0 spiro atoms. The van der Waals surface area contributed by atoms with Gasteiger partial charge in [-0.2, -0.15) is 0 Å². The van der Waals surface area contributed by atoms with Crippen molar-refractivity contribution < 1.29 is 42.1 Å². The molecule has 0 radical (unpaired) electrons. The Hall–Kier alpha value is -3.40. The molecule has 2 aliphatic rings. The lowest BCUT2D eigenvalue weighted by Gasteiger charge is -2.39. The molecule has 4 bridgehead atoms. The third kappa shape index (κ3) is 6.80. The molecule has 44 heavy (non-hydrogen) atoms. The summed E-state index contributed by atoms with van der Waals surface area (Å²) >= 11 is 1.89. The van der Waals surface area contributed by atoms with Gasteiger partial charge in [0, 0.05) is 12.3 Å².